The second-order valence-electron chi connectivity index (χ2n) is 4.91. The molecule has 0 amide bonds. The molecular formula is C16H26ClNO. The Bertz CT molecular complexity index is 351. The summed E-state index contributed by atoms with van der Waals surface area (Å²) in [5, 5.41) is 4.40. The van der Waals surface area contributed by atoms with Crippen LogP contribution in [0, 0.1) is 0 Å². The van der Waals surface area contributed by atoms with Crippen molar-refractivity contribution in [3.63, 3.8) is 0 Å². The maximum Gasteiger partial charge on any atom is 0.0867 e. The Morgan fingerprint density at radius 1 is 1.16 bits per heavy atom. The quantitative estimate of drug-likeness (QED) is 0.754. The number of hydrogen-bond donors (Lipinski definition) is 1. The Balaban J connectivity index is 3.08. The molecule has 0 aromatic heterocycles. The van der Waals surface area contributed by atoms with Crippen molar-refractivity contribution in [2.24, 2.45) is 0 Å². The van der Waals surface area contributed by atoms with Crippen LogP contribution < -0.4 is 5.32 Å². The summed E-state index contributed by atoms with van der Waals surface area (Å²) >= 11 is 5.98. The second kappa shape index (κ2) is 7.88. The van der Waals surface area contributed by atoms with Gasteiger partial charge < -0.3 is 10.1 Å². The van der Waals surface area contributed by atoms with E-state index >= 15 is 0 Å². The van der Waals surface area contributed by atoms with Crippen molar-refractivity contribution in [2.45, 2.75) is 51.7 Å². The van der Waals surface area contributed by atoms with Gasteiger partial charge >= 0.3 is 0 Å². The minimum atomic E-state index is -0.164. The van der Waals surface area contributed by atoms with Gasteiger partial charge in [-0.05, 0) is 43.5 Å². The lowest BCUT2D eigenvalue weighted by Gasteiger charge is -2.39. The maximum absolute atomic E-state index is 5.98. The first-order valence-electron chi connectivity index (χ1n) is 7.17. The summed E-state index contributed by atoms with van der Waals surface area (Å²) in [7, 11) is 1.81. The smallest absolute Gasteiger partial charge is 0.0867 e. The molecular weight excluding hydrogens is 258 g/mol. The van der Waals surface area contributed by atoms with Crippen LogP contribution in [0.3, 0.4) is 0 Å². The average molecular weight is 284 g/mol. The van der Waals surface area contributed by atoms with E-state index in [9.17, 15) is 0 Å². The van der Waals surface area contributed by atoms with Crippen molar-refractivity contribution in [2.75, 3.05) is 13.7 Å². The number of hydrogen-bond acceptors (Lipinski definition) is 2. The minimum Gasteiger partial charge on any atom is -0.376 e. The molecule has 0 saturated heterocycles. The van der Waals surface area contributed by atoms with E-state index in [2.05, 4.69) is 38.2 Å². The molecule has 1 N–H and O–H groups in total. The fraction of sp³-hybridized carbons (Fsp3) is 0.625. The maximum atomic E-state index is 5.98. The fourth-order valence-corrected chi connectivity index (χ4v) is 2.74. The lowest BCUT2D eigenvalue weighted by molar-refractivity contribution is -0.0485. The van der Waals surface area contributed by atoms with Crippen molar-refractivity contribution in [1.29, 1.82) is 0 Å². The van der Waals surface area contributed by atoms with Gasteiger partial charge in [0.25, 0.3) is 0 Å². The molecule has 1 aromatic carbocycles. The molecule has 0 fully saturated rings. The van der Waals surface area contributed by atoms with E-state index in [1.165, 1.54) is 5.56 Å². The third kappa shape index (κ3) is 3.95. The van der Waals surface area contributed by atoms with Crippen LogP contribution in [0.15, 0.2) is 24.3 Å². The van der Waals surface area contributed by atoms with E-state index < -0.39 is 0 Å². The summed E-state index contributed by atoms with van der Waals surface area (Å²) in [6.45, 7) is 7.53. The predicted octanol–water partition coefficient (Wildman–Crippen LogP) is 4.59. The van der Waals surface area contributed by atoms with Crippen molar-refractivity contribution in [3.8, 4) is 0 Å². The molecule has 1 rings (SSSR count). The average Bonchev–Trinajstić information content (AvgIpc) is 2.45. The van der Waals surface area contributed by atoms with Gasteiger partial charge in [-0.1, -0.05) is 44.5 Å². The van der Waals surface area contributed by atoms with E-state index in [1.54, 1.807) is 0 Å². The van der Waals surface area contributed by atoms with Gasteiger partial charge in [0.2, 0.25) is 0 Å². The lowest BCUT2D eigenvalue weighted by atomic mass is 9.83. The molecule has 3 heteroatoms. The second-order valence-corrected chi connectivity index (χ2v) is 5.35. The van der Waals surface area contributed by atoms with Gasteiger partial charge in [0, 0.05) is 12.1 Å². The summed E-state index contributed by atoms with van der Waals surface area (Å²) in [6, 6.07) is 8.28. The molecule has 0 aliphatic rings. The highest BCUT2D eigenvalue weighted by molar-refractivity contribution is 6.30. The largest absolute Gasteiger partial charge is 0.376 e. The molecule has 1 aromatic rings. The van der Waals surface area contributed by atoms with E-state index in [-0.39, 0.29) is 11.6 Å². The lowest BCUT2D eigenvalue weighted by Crippen LogP contribution is -2.45. The van der Waals surface area contributed by atoms with Gasteiger partial charge in [-0.3, -0.25) is 0 Å². The van der Waals surface area contributed by atoms with Crippen LogP contribution in [-0.2, 0) is 4.74 Å². The molecule has 0 radical (unpaired) electrons. The Hall–Kier alpha value is -0.570. The third-order valence-electron chi connectivity index (χ3n) is 3.93. The summed E-state index contributed by atoms with van der Waals surface area (Å²) in [5.74, 6) is 0. The molecule has 1 atom stereocenters. The zero-order valence-electron chi connectivity index (χ0n) is 12.5. The highest BCUT2D eigenvalue weighted by Gasteiger charge is 2.36. The topological polar surface area (TPSA) is 21.3 Å². The molecule has 19 heavy (non-hydrogen) atoms. The summed E-state index contributed by atoms with van der Waals surface area (Å²) in [4.78, 5) is 0. The summed E-state index contributed by atoms with van der Waals surface area (Å²) in [5.41, 5.74) is 1.08. The molecule has 0 heterocycles. The van der Waals surface area contributed by atoms with Crippen LogP contribution >= 0.6 is 11.6 Å². The van der Waals surface area contributed by atoms with Gasteiger partial charge in [0.15, 0.2) is 0 Å². The SMILES string of the molecule is CCCNC(c1ccc(Cl)cc1)C(CC)(CC)OC. The number of nitrogens with one attached hydrogen (secondary N) is 1. The molecule has 108 valence electrons. The summed E-state index contributed by atoms with van der Waals surface area (Å²) < 4.78 is 5.88. The number of benzene rings is 1. The third-order valence-corrected chi connectivity index (χ3v) is 4.18. The first-order valence-corrected chi connectivity index (χ1v) is 7.55. The number of rotatable bonds is 8. The number of halogens is 1. The molecule has 0 spiro atoms. The predicted molar refractivity (Wildman–Crippen MR) is 82.8 cm³/mol. The van der Waals surface area contributed by atoms with Gasteiger partial charge in [0.05, 0.1) is 11.6 Å². The Morgan fingerprint density at radius 2 is 1.74 bits per heavy atom. The first kappa shape index (κ1) is 16.5. The highest BCUT2D eigenvalue weighted by atomic mass is 35.5. The van der Waals surface area contributed by atoms with Crippen molar-refractivity contribution < 1.29 is 4.74 Å². The van der Waals surface area contributed by atoms with Gasteiger partial charge in [-0.25, -0.2) is 0 Å². The van der Waals surface area contributed by atoms with E-state index in [4.69, 9.17) is 16.3 Å². The molecule has 1 unspecified atom stereocenters. The first-order chi connectivity index (χ1) is 9.13. The van der Waals surface area contributed by atoms with Gasteiger partial charge in [-0.15, -0.1) is 0 Å². The zero-order valence-corrected chi connectivity index (χ0v) is 13.3. The Morgan fingerprint density at radius 3 is 2.16 bits per heavy atom. The van der Waals surface area contributed by atoms with E-state index in [1.807, 2.05) is 19.2 Å². The normalized spacial score (nSPS) is 13.5. The van der Waals surface area contributed by atoms with Gasteiger partial charge in [0.1, 0.15) is 0 Å². The van der Waals surface area contributed by atoms with Gasteiger partial charge in [-0.2, -0.15) is 0 Å². The van der Waals surface area contributed by atoms with Crippen LogP contribution in [-0.4, -0.2) is 19.3 Å². The van der Waals surface area contributed by atoms with Crippen LogP contribution in [0.5, 0.6) is 0 Å². The van der Waals surface area contributed by atoms with Crippen LogP contribution in [0.1, 0.15) is 51.6 Å². The number of ether oxygens (including phenoxy) is 1. The van der Waals surface area contributed by atoms with Crippen LogP contribution in [0.4, 0.5) is 0 Å². The highest BCUT2D eigenvalue weighted by Crippen LogP contribution is 2.35. The Labute approximate surface area is 122 Å². The fourth-order valence-electron chi connectivity index (χ4n) is 2.62. The van der Waals surface area contributed by atoms with Crippen LogP contribution in [0.2, 0.25) is 5.02 Å². The monoisotopic (exact) mass is 283 g/mol. The van der Waals surface area contributed by atoms with Crippen molar-refractivity contribution in [1.82, 2.24) is 5.32 Å². The van der Waals surface area contributed by atoms with Crippen molar-refractivity contribution in [3.05, 3.63) is 34.9 Å². The minimum absolute atomic E-state index is 0.164. The summed E-state index contributed by atoms with van der Waals surface area (Å²) in [6.07, 6.45) is 3.06. The molecule has 0 aliphatic carbocycles. The molecule has 0 bridgehead atoms. The standard InChI is InChI=1S/C16H26ClNO/c1-5-12-18-15(16(6-2,7-3)19-4)13-8-10-14(17)11-9-13/h8-11,15,18H,5-7,12H2,1-4H3. The molecule has 0 saturated carbocycles. The van der Waals surface area contributed by atoms with E-state index in [0.717, 1.165) is 30.8 Å². The molecule has 2 nitrogen and oxygen atoms in total. The Kier molecular flexibility index (Phi) is 6.84. The molecule has 0 aliphatic heterocycles. The zero-order chi connectivity index (χ0) is 14.3. The van der Waals surface area contributed by atoms with E-state index in [0.29, 0.717) is 0 Å². The number of methoxy groups -OCH3 is 1. The van der Waals surface area contributed by atoms with Crippen molar-refractivity contribution >= 4 is 11.6 Å². The van der Waals surface area contributed by atoms with Crippen LogP contribution in [0.25, 0.3) is 0 Å².